The first kappa shape index (κ1) is 14.7. The van der Waals surface area contributed by atoms with E-state index >= 15 is 0 Å². The molecule has 0 aliphatic carbocycles. The lowest BCUT2D eigenvalue weighted by atomic mass is 10.1. The fraction of sp³-hybridized carbons (Fsp3) is 0.125. The van der Waals surface area contributed by atoms with Gasteiger partial charge in [0.15, 0.2) is 5.78 Å². The summed E-state index contributed by atoms with van der Waals surface area (Å²) in [5.41, 5.74) is 1.79. The summed E-state index contributed by atoms with van der Waals surface area (Å²) in [6.07, 6.45) is 0. The van der Waals surface area contributed by atoms with Gasteiger partial charge in [-0.25, -0.2) is 0 Å². The van der Waals surface area contributed by atoms with Gasteiger partial charge in [-0.05, 0) is 37.3 Å². The molecular weight excluding hydrogens is 298 g/mol. The molecule has 1 aromatic heterocycles. The Morgan fingerprint density at radius 3 is 2.52 bits per heavy atom. The molecule has 3 rings (SSSR count). The zero-order chi connectivity index (χ0) is 16.6. The number of fused-ring (bicyclic) bond motifs is 1. The van der Waals surface area contributed by atoms with E-state index < -0.39 is 4.92 Å². The van der Waals surface area contributed by atoms with Crippen LogP contribution in [0.3, 0.4) is 0 Å². The Morgan fingerprint density at radius 2 is 1.91 bits per heavy atom. The Balaban J connectivity index is 1.95. The molecule has 0 bridgehead atoms. The monoisotopic (exact) mass is 311 g/mol. The molecule has 0 aliphatic rings. The topological polar surface area (TPSA) is 87.3 Å². The van der Waals surface area contributed by atoms with Crippen molar-refractivity contribution in [3.8, 4) is 11.8 Å². The maximum Gasteiger partial charge on any atom is 0.302 e. The first-order chi connectivity index (χ1) is 11.0. The van der Waals surface area contributed by atoms with E-state index in [-0.39, 0.29) is 11.5 Å². The van der Waals surface area contributed by atoms with Gasteiger partial charge >= 0.3 is 6.01 Å². The van der Waals surface area contributed by atoms with E-state index in [1.807, 2.05) is 0 Å². The average molecular weight is 311 g/mol. The maximum absolute atomic E-state index is 11.3. The van der Waals surface area contributed by atoms with Crippen molar-refractivity contribution in [2.45, 2.75) is 6.92 Å². The molecule has 7 nitrogen and oxygen atoms in total. The highest BCUT2D eigenvalue weighted by molar-refractivity contribution is 5.94. The second-order valence-corrected chi connectivity index (χ2v) is 5.07. The summed E-state index contributed by atoms with van der Waals surface area (Å²) in [6, 6.07) is 11.5. The van der Waals surface area contributed by atoms with E-state index in [1.54, 1.807) is 41.9 Å². The van der Waals surface area contributed by atoms with Gasteiger partial charge in [-0.1, -0.05) is 0 Å². The number of hydrogen-bond acceptors (Lipinski definition) is 5. The molecule has 0 atom stereocenters. The number of aromatic nitrogens is 2. The largest absolute Gasteiger partial charge is 0.426 e. The second-order valence-electron chi connectivity index (χ2n) is 5.07. The predicted octanol–water partition coefficient (Wildman–Crippen LogP) is 3.48. The van der Waals surface area contributed by atoms with Crippen molar-refractivity contribution >= 4 is 22.5 Å². The van der Waals surface area contributed by atoms with Crippen LogP contribution in [-0.2, 0) is 7.05 Å². The summed E-state index contributed by atoms with van der Waals surface area (Å²) in [4.78, 5) is 25.9. The number of Topliss-reactive ketones (excluding diaryl/α,β-unsaturated/α-hetero) is 1. The van der Waals surface area contributed by atoms with Gasteiger partial charge in [0.2, 0.25) is 0 Å². The molecular formula is C16H13N3O4. The van der Waals surface area contributed by atoms with E-state index in [4.69, 9.17) is 4.74 Å². The number of carbonyl (C=O) groups excluding carboxylic acids is 1. The molecule has 0 radical (unpaired) electrons. The van der Waals surface area contributed by atoms with E-state index in [0.29, 0.717) is 22.8 Å². The van der Waals surface area contributed by atoms with Gasteiger partial charge in [-0.2, -0.15) is 4.98 Å². The summed E-state index contributed by atoms with van der Waals surface area (Å²) >= 11 is 0. The quantitative estimate of drug-likeness (QED) is 0.418. The van der Waals surface area contributed by atoms with E-state index in [2.05, 4.69) is 4.98 Å². The molecule has 0 saturated carbocycles. The summed E-state index contributed by atoms with van der Waals surface area (Å²) in [5, 5.41) is 10.8. The number of nitrogens with zero attached hydrogens (tertiary/aromatic N) is 3. The average Bonchev–Trinajstić information content (AvgIpc) is 2.83. The SMILES string of the molecule is CC(=O)c1ccc(Oc2nc3cc([N+](=O)[O-])ccc3n2C)cc1. The second kappa shape index (κ2) is 5.53. The number of imidazole rings is 1. The van der Waals surface area contributed by atoms with Crippen LogP contribution in [0.4, 0.5) is 5.69 Å². The van der Waals surface area contributed by atoms with Crippen LogP contribution in [0, 0.1) is 10.1 Å². The molecule has 23 heavy (non-hydrogen) atoms. The molecule has 0 unspecified atom stereocenters. The third-order valence-electron chi connectivity index (χ3n) is 3.50. The van der Waals surface area contributed by atoms with Gasteiger partial charge < -0.3 is 4.74 Å². The Hall–Kier alpha value is -3.22. The summed E-state index contributed by atoms with van der Waals surface area (Å²) in [5.74, 6) is 0.509. The van der Waals surface area contributed by atoms with Gasteiger partial charge in [0.1, 0.15) is 5.75 Å². The fourth-order valence-electron chi connectivity index (χ4n) is 2.23. The van der Waals surface area contributed by atoms with Crippen molar-refractivity contribution in [3.05, 3.63) is 58.1 Å². The minimum atomic E-state index is -0.463. The minimum Gasteiger partial charge on any atom is -0.426 e. The number of non-ortho nitro benzene ring substituents is 1. The molecule has 0 spiro atoms. The summed E-state index contributed by atoms with van der Waals surface area (Å²) in [6.45, 7) is 1.49. The number of rotatable bonds is 4. The Labute approximate surface area is 131 Å². The van der Waals surface area contributed by atoms with Crippen LogP contribution in [0.2, 0.25) is 0 Å². The molecule has 0 aliphatic heterocycles. The highest BCUT2D eigenvalue weighted by atomic mass is 16.6. The van der Waals surface area contributed by atoms with Crippen molar-refractivity contribution in [1.29, 1.82) is 0 Å². The first-order valence-electron chi connectivity index (χ1n) is 6.85. The number of benzene rings is 2. The molecule has 0 N–H and O–H groups in total. The maximum atomic E-state index is 11.3. The molecule has 116 valence electrons. The molecule has 0 fully saturated rings. The van der Waals surface area contributed by atoms with Crippen LogP contribution in [0.5, 0.6) is 11.8 Å². The van der Waals surface area contributed by atoms with Crippen molar-refractivity contribution in [3.63, 3.8) is 0 Å². The molecule has 0 amide bonds. The number of hydrogen-bond donors (Lipinski definition) is 0. The van der Waals surface area contributed by atoms with Gasteiger partial charge in [0.25, 0.3) is 5.69 Å². The molecule has 1 heterocycles. The number of nitro groups is 1. The van der Waals surface area contributed by atoms with Gasteiger partial charge in [0, 0.05) is 24.7 Å². The number of nitro benzene ring substituents is 1. The van der Waals surface area contributed by atoms with Crippen LogP contribution < -0.4 is 4.74 Å². The number of ether oxygens (including phenoxy) is 1. The Morgan fingerprint density at radius 1 is 1.22 bits per heavy atom. The number of ketones is 1. The highest BCUT2D eigenvalue weighted by Crippen LogP contribution is 2.27. The van der Waals surface area contributed by atoms with E-state index in [1.165, 1.54) is 19.1 Å². The van der Waals surface area contributed by atoms with Crippen LogP contribution in [0.1, 0.15) is 17.3 Å². The Kier molecular flexibility index (Phi) is 3.53. The third kappa shape index (κ3) is 2.76. The van der Waals surface area contributed by atoms with Gasteiger partial charge in [-0.3, -0.25) is 19.5 Å². The predicted molar refractivity (Wildman–Crippen MR) is 83.9 cm³/mol. The van der Waals surface area contributed by atoms with E-state index in [9.17, 15) is 14.9 Å². The van der Waals surface area contributed by atoms with Crippen LogP contribution in [0.15, 0.2) is 42.5 Å². The Bertz CT molecular complexity index is 913. The lowest BCUT2D eigenvalue weighted by Gasteiger charge is -2.05. The van der Waals surface area contributed by atoms with Crippen LogP contribution in [-0.4, -0.2) is 20.3 Å². The highest BCUT2D eigenvalue weighted by Gasteiger charge is 2.14. The number of carbonyl (C=O) groups is 1. The van der Waals surface area contributed by atoms with Crippen molar-refractivity contribution in [2.75, 3.05) is 0 Å². The molecule has 2 aromatic carbocycles. The van der Waals surface area contributed by atoms with Crippen molar-refractivity contribution in [2.24, 2.45) is 7.05 Å². The molecule has 7 heteroatoms. The molecule has 3 aromatic rings. The van der Waals surface area contributed by atoms with Crippen molar-refractivity contribution in [1.82, 2.24) is 9.55 Å². The minimum absolute atomic E-state index is 0.0204. The first-order valence-corrected chi connectivity index (χ1v) is 6.85. The zero-order valence-electron chi connectivity index (χ0n) is 12.5. The van der Waals surface area contributed by atoms with Gasteiger partial charge in [-0.15, -0.1) is 0 Å². The fourth-order valence-corrected chi connectivity index (χ4v) is 2.23. The smallest absolute Gasteiger partial charge is 0.302 e. The van der Waals surface area contributed by atoms with Gasteiger partial charge in [0.05, 0.1) is 16.0 Å². The summed E-state index contributed by atoms with van der Waals surface area (Å²) in [7, 11) is 1.76. The zero-order valence-corrected chi connectivity index (χ0v) is 12.5. The lowest BCUT2D eigenvalue weighted by molar-refractivity contribution is -0.384. The third-order valence-corrected chi connectivity index (χ3v) is 3.50. The molecule has 0 saturated heterocycles. The normalized spacial score (nSPS) is 10.7. The number of aryl methyl sites for hydroxylation is 1. The summed E-state index contributed by atoms with van der Waals surface area (Å²) < 4.78 is 7.41. The van der Waals surface area contributed by atoms with Crippen LogP contribution >= 0.6 is 0 Å². The van der Waals surface area contributed by atoms with E-state index in [0.717, 1.165) is 5.52 Å². The van der Waals surface area contributed by atoms with Crippen LogP contribution in [0.25, 0.3) is 11.0 Å². The standard InChI is InChI=1S/C16H13N3O4/c1-10(20)11-3-6-13(7-4-11)23-16-17-14-9-12(19(21)22)5-8-15(14)18(16)2/h3-9H,1-2H3. The lowest BCUT2D eigenvalue weighted by Crippen LogP contribution is -1.95. The van der Waals surface area contributed by atoms with Crippen molar-refractivity contribution < 1.29 is 14.5 Å².